The van der Waals surface area contributed by atoms with E-state index in [4.69, 9.17) is 9.73 Å². The van der Waals surface area contributed by atoms with Crippen LogP contribution in [0, 0.1) is 6.92 Å². The molecule has 7 heteroatoms. The Morgan fingerprint density at radius 1 is 1.02 bits per heavy atom. The molecule has 2 aromatic heterocycles. The van der Waals surface area contributed by atoms with Crippen LogP contribution in [0.5, 0.6) is 0 Å². The maximum atomic E-state index is 14.2. The van der Waals surface area contributed by atoms with Crippen LogP contribution in [0.15, 0.2) is 113 Å². The lowest BCUT2D eigenvalue weighted by Crippen LogP contribution is -2.40. The highest BCUT2D eigenvalue weighted by Crippen LogP contribution is 2.35. The van der Waals surface area contributed by atoms with Gasteiger partial charge in [0.2, 0.25) is 0 Å². The van der Waals surface area contributed by atoms with Gasteiger partial charge in [-0.1, -0.05) is 96.3 Å². The van der Waals surface area contributed by atoms with Crippen molar-refractivity contribution in [2.45, 2.75) is 26.4 Å². The second-order valence-corrected chi connectivity index (χ2v) is 10.8. The third kappa shape index (κ3) is 4.58. The number of carbonyl (C=O) groups is 1. The first-order valence-corrected chi connectivity index (χ1v) is 14.4. The van der Waals surface area contributed by atoms with E-state index in [1.54, 1.807) is 11.5 Å². The molecule has 0 aliphatic carbocycles. The van der Waals surface area contributed by atoms with Gasteiger partial charge in [-0.05, 0) is 31.6 Å². The minimum absolute atomic E-state index is 0.198. The number of carbonyl (C=O) groups excluding carboxylic acids is 1. The molecule has 6 nitrogen and oxygen atoms in total. The van der Waals surface area contributed by atoms with E-state index >= 15 is 0 Å². The van der Waals surface area contributed by atoms with Gasteiger partial charge in [0, 0.05) is 34.3 Å². The molecule has 0 fully saturated rings. The summed E-state index contributed by atoms with van der Waals surface area (Å²) in [5, 5.41) is 1.06. The number of para-hydroxylation sites is 1. The lowest BCUT2D eigenvalue weighted by molar-refractivity contribution is -0.138. The number of allylic oxidation sites excluding steroid dienone is 1. The van der Waals surface area contributed by atoms with E-state index in [1.165, 1.54) is 11.3 Å². The molecule has 0 saturated heterocycles. The lowest BCUT2D eigenvalue weighted by Gasteiger charge is -2.25. The van der Waals surface area contributed by atoms with Crippen LogP contribution in [0.2, 0.25) is 0 Å². The monoisotopic (exact) mass is 559 g/mol. The molecular weight excluding hydrogens is 530 g/mol. The number of hydrogen-bond acceptors (Lipinski definition) is 5. The summed E-state index contributed by atoms with van der Waals surface area (Å²) < 4.78 is 9.93. The molecule has 3 heterocycles. The van der Waals surface area contributed by atoms with Gasteiger partial charge in [-0.3, -0.25) is 9.36 Å². The average molecular weight is 560 g/mol. The summed E-state index contributed by atoms with van der Waals surface area (Å²) in [7, 11) is 0. The topological polar surface area (TPSA) is 65.6 Å². The van der Waals surface area contributed by atoms with Gasteiger partial charge in [0.25, 0.3) is 5.56 Å². The molecule has 0 radical (unpaired) electrons. The molecule has 3 aromatic carbocycles. The summed E-state index contributed by atoms with van der Waals surface area (Å²) in [6.07, 6.45) is 3.83. The number of benzene rings is 3. The fourth-order valence-corrected chi connectivity index (χ4v) is 6.51. The predicted octanol–water partition coefficient (Wildman–Crippen LogP) is 5.38. The standard InChI is InChI=1S/C34H29N3O3S/c1-4-20-36-22(3)26(25-18-12-13-19-27(25)36)21-28-32(38)37-31(24-16-10-7-11-17-24)29(33(39)40-5-2)30(35-34(37)41-28)23-14-8-6-9-15-23/h4,6-19,21,31H,1,5,20H2,2-3H3/b28-21-/t31-/m1/s1. The van der Waals surface area contributed by atoms with Crippen LogP contribution in [-0.4, -0.2) is 21.7 Å². The third-order valence-corrected chi connectivity index (χ3v) is 8.34. The van der Waals surface area contributed by atoms with Crippen molar-refractivity contribution in [3.63, 3.8) is 0 Å². The first kappa shape index (κ1) is 26.5. The number of aromatic nitrogens is 2. The quantitative estimate of drug-likeness (QED) is 0.199. The van der Waals surface area contributed by atoms with Gasteiger partial charge in [-0.15, -0.1) is 6.58 Å². The second-order valence-electron chi connectivity index (χ2n) is 9.76. The molecule has 1 aliphatic heterocycles. The summed E-state index contributed by atoms with van der Waals surface area (Å²) >= 11 is 1.33. The van der Waals surface area contributed by atoms with Crippen molar-refractivity contribution >= 4 is 40.0 Å². The lowest BCUT2D eigenvalue weighted by atomic mass is 9.93. The maximum Gasteiger partial charge on any atom is 0.338 e. The Hall–Kier alpha value is -4.75. The highest BCUT2D eigenvalue weighted by molar-refractivity contribution is 7.07. The molecule has 1 aliphatic rings. The number of rotatable bonds is 7. The summed E-state index contributed by atoms with van der Waals surface area (Å²) in [6.45, 7) is 8.64. The molecule has 5 aromatic rings. The Kier molecular flexibility index (Phi) is 7.12. The van der Waals surface area contributed by atoms with Gasteiger partial charge in [0.1, 0.15) is 0 Å². The van der Waals surface area contributed by atoms with Crippen LogP contribution < -0.4 is 14.9 Å². The molecule has 0 unspecified atom stereocenters. The van der Waals surface area contributed by atoms with Crippen molar-refractivity contribution < 1.29 is 9.53 Å². The Balaban J connectivity index is 1.66. The van der Waals surface area contributed by atoms with Crippen molar-refractivity contribution in [2.75, 3.05) is 6.61 Å². The molecule has 41 heavy (non-hydrogen) atoms. The largest absolute Gasteiger partial charge is 0.463 e. The highest BCUT2D eigenvalue weighted by Gasteiger charge is 2.35. The summed E-state index contributed by atoms with van der Waals surface area (Å²) in [5.41, 5.74) is 5.39. The number of ether oxygens (including phenoxy) is 1. The number of nitrogens with zero attached hydrogens (tertiary/aromatic N) is 3. The van der Waals surface area contributed by atoms with Crippen molar-refractivity contribution in [3.05, 3.63) is 145 Å². The Bertz CT molecular complexity index is 2000. The van der Waals surface area contributed by atoms with Gasteiger partial charge in [0.15, 0.2) is 4.80 Å². The number of thiazole rings is 1. The van der Waals surface area contributed by atoms with Gasteiger partial charge < -0.3 is 9.30 Å². The molecule has 0 N–H and O–H groups in total. The van der Waals surface area contributed by atoms with Crippen molar-refractivity contribution in [1.29, 1.82) is 0 Å². The minimum Gasteiger partial charge on any atom is -0.463 e. The predicted molar refractivity (Wildman–Crippen MR) is 164 cm³/mol. The summed E-state index contributed by atoms with van der Waals surface area (Å²) in [5.74, 6) is -0.485. The van der Waals surface area contributed by atoms with Crippen LogP contribution in [0.25, 0.3) is 22.7 Å². The average Bonchev–Trinajstić information content (AvgIpc) is 3.46. The smallest absolute Gasteiger partial charge is 0.338 e. The molecule has 0 amide bonds. The Morgan fingerprint density at radius 2 is 1.71 bits per heavy atom. The normalized spacial score (nSPS) is 15.1. The van der Waals surface area contributed by atoms with E-state index in [2.05, 4.69) is 30.2 Å². The number of esters is 1. The van der Waals surface area contributed by atoms with Crippen molar-refractivity contribution in [3.8, 4) is 0 Å². The van der Waals surface area contributed by atoms with Crippen molar-refractivity contribution in [1.82, 2.24) is 9.13 Å². The summed E-state index contributed by atoms with van der Waals surface area (Å²) in [4.78, 5) is 33.3. The van der Waals surface area contributed by atoms with Gasteiger partial charge >= 0.3 is 5.97 Å². The zero-order chi connectivity index (χ0) is 28.5. The molecule has 0 spiro atoms. The van der Waals surface area contributed by atoms with E-state index in [-0.39, 0.29) is 12.2 Å². The molecule has 0 saturated carbocycles. The van der Waals surface area contributed by atoms with Crippen LogP contribution in [-0.2, 0) is 16.1 Å². The molecule has 6 rings (SSSR count). The second kappa shape index (κ2) is 11.0. The highest BCUT2D eigenvalue weighted by atomic mass is 32.1. The molecule has 204 valence electrons. The Morgan fingerprint density at radius 3 is 2.41 bits per heavy atom. The van der Waals surface area contributed by atoms with E-state index < -0.39 is 12.0 Å². The maximum absolute atomic E-state index is 14.2. The van der Waals surface area contributed by atoms with E-state index in [0.29, 0.717) is 27.1 Å². The fraction of sp³-hybridized carbons (Fsp3) is 0.147. The van der Waals surface area contributed by atoms with Gasteiger partial charge in [0.05, 0.1) is 28.5 Å². The minimum atomic E-state index is -0.688. The first-order valence-electron chi connectivity index (χ1n) is 13.6. The summed E-state index contributed by atoms with van der Waals surface area (Å²) in [6, 6.07) is 26.7. The van der Waals surface area contributed by atoms with Crippen molar-refractivity contribution in [2.24, 2.45) is 4.99 Å². The first-order chi connectivity index (χ1) is 20.0. The SMILES string of the molecule is C=CCn1c(C)c(/C=c2\sc3n(c2=O)[C@H](c2ccccc2)C(C(=O)OCC)=C(c2ccccc2)N=3)c2ccccc21. The van der Waals surface area contributed by atoms with E-state index in [0.717, 1.165) is 33.3 Å². The zero-order valence-electron chi connectivity index (χ0n) is 22.9. The van der Waals surface area contributed by atoms with Crippen LogP contribution in [0.1, 0.15) is 35.3 Å². The third-order valence-electron chi connectivity index (χ3n) is 7.36. The van der Waals surface area contributed by atoms with Gasteiger partial charge in [-0.2, -0.15) is 0 Å². The molecule has 0 bridgehead atoms. The Labute approximate surface area is 241 Å². The van der Waals surface area contributed by atoms with Gasteiger partial charge in [-0.25, -0.2) is 9.79 Å². The van der Waals surface area contributed by atoms with E-state index in [1.807, 2.05) is 84.9 Å². The molecule has 1 atom stereocenters. The van der Waals surface area contributed by atoms with Crippen LogP contribution in [0.3, 0.4) is 0 Å². The van der Waals surface area contributed by atoms with Crippen LogP contribution in [0.4, 0.5) is 0 Å². The van der Waals surface area contributed by atoms with Crippen LogP contribution >= 0.6 is 11.3 Å². The van der Waals surface area contributed by atoms with E-state index in [9.17, 15) is 9.59 Å². The zero-order valence-corrected chi connectivity index (χ0v) is 23.7. The molecular formula is C34H29N3O3S. The fourth-order valence-electron chi connectivity index (χ4n) is 5.53. The number of fused-ring (bicyclic) bond motifs is 2. The number of hydrogen-bond donors (Lipinski definition) is 0.